The fourth-order valence-corrected chi connectivity index (χ4v) is 2.10. The fourth-order valence-electron chi connectivity index (χ4n) is 2.10. The van der Waals surface area contributed by atoms with Gasteiger partial charge in [0.1, 0.15) is 6.61 Å². The number of carbonyl (C=O) groups is 5. The quantitative estimate of drug-likeness (QED) is 0.204. The van der Waals surface area contributed by atoms with Gasteiger partial charge in [-0.05, 0) is 0 Å². The molecular formula is C21H24O11. The Hall–Kier alpha value is -3.99. The van der Waals surface area contributed by atoms with Gasteiger partial charge in [-0.15, -0.1) is 0 Å². The Bertz CT molecular complexity index is 768. The van der Waals surface area contributed by atoms with Crippen molar-refractivity contribution in [2.75, 3.05) is 13.2 Å². The smallest absolute Gasteiger partial charge is 0.330 e. The van der Waals surface area contributed by atoms with Gasteiger partial charge in [-0.25, -0.2) is 24.0 Å². The first-order valence-corrected chi connectivity index (χ1v) is 8.89. The molecule has 0 unspecified atom stereocenters. The highest BCUT2D eigenvalue weighted by atomic mass is 16.6. The van der Waals surface area contributed by atoms with E-state index in [-0.39, 0.29) is 0 Å². The predicted octanol–water partition coefficient (Wildman–Crippen LogP) is 0.0991. The minimum Gasteiger partial charge on any atom is -0.458 e. The maximum atomic E-state index is 12.0. The molecule has 1 N–H and O–H groups in total. The summed E-state index contributed by atoms with van der Waals surface area (Å²) in [6.45, 7) is 14.5. The number of carbonyl (C=O) groups excluding carboxylic acids is 5. The second-order valence-electron chi connectivity index (χ2n) is 5.59. The highest BCUT2D eigenvalue weighted by molar-refractivity contribution is 5.84. The number of rotatable bonds is 15. The molecule has 0 amide bonds. The lowest BCUT2D eigenvalue weighted by Crippen LogP contribution is -2.54. The van der Waals surface area contributed by atoms with Crippen LogP contribution in [0.2, 0.25) is 0 Å². The Morgan fingerprint density at radius 3 is 1.31 bits per heavy atom. The molecule has 0 saturated carbocycles. The number of aliphatic hydroxyl groups is 1. The topological polar surface area (TPSA) is 152 Å². The number of hydrogen-bond donors (Lipinski definition) is 1. The van der Waals surface area contributed by atoms with Crippen LogP contribution in [-0.4, -0.2) is 72.6 Å². The Balaban J connectivity index is 6.43. The van der Waals surface area contributed by atoms with Gasteiger partial charge < -0.3 is 28.8 Å². The van der Waals surface area contributed by atoms with Crippen LogP contribution in [0.1, 0.15) is 0 Å². The third-order valence-corrected chi connectivity index (χ3v) is 3.50. The molecule has 0 aromatic carbocycles. The lowest BCUT2D eigenvalue weighted by molar-refractivity contribution is -0.201. The van der Waals surface area contributed by atoms with Gasteiger partial charge in [-0.3, -0.25) is 0 Å². The lowest BCUT2D eigenvalue weighted by Gasteiger charge is -2.34. The molecule has 0 aliphatic rings. The molecule has 32 heavy (non-hydrogen) atoms. The van der Waals surface area contributed by atoms with E-state index in [1.54, 1.807) is 0 Å². The van der Waals surface area contributed by atoms with Gasteiger partial charge in [0.25, 0.3) is 0 Å². The number of aliphatic hydroxyl groups excluding tert-OH is 1. The fraction of sp³-hybridized carbons (Fsp3) is 0.286. The van der Waals surface area contributed by atoms with Crippen molar-refractivity contribution < 1.29 is 52.8 Å². The summed E-state index contributed by atoms with van der Waals surface area (Å²) in [5.41, 5.74) is 0. The average molecular weight is 452 g/mol. The van der Waals surface area contributed by atoms with Crippen LogP contribution >= 0.6 is 0 Å². The van der Waals surface area contributed by atoms with Gasteiger partial charge >= 0.3 is 29.8 Å². The molecular weight excluding hydrogens is 428 g/mol. The zero-order valence-corrected chi connectivity index (χ0v) is 17.2. The van der Waals surface area contributed by atoms with E-state index in [1.165, 1.54) is 0 Å². The number of esters is 5. The molecule has 0 fully saturated rings. The van der Waals surface area contributed by atoms with Crippen molar-refractivity contribution in [2.24, 2.45) is 0 Å². The van der Waals surface area contributed by atoms with E-state index in [0.717, 1.165) is 30.4 Å². The van der Waals surface area contributed by atoms with Crippen LogP contribution in [0.25, 0.3) is 0 Å². The molecule has 0 radical (unpaired) electrons. The summed E-state index contributed by atoms with van der Waals surface area (Å²) in [6.07, 6.45) is -2.95. The third-order valence-electron chi connectivity index (χ3n) is 3.50. The van der Waals surface area contributed by atoms with Gasteiger partial charge in [-0.2, -0.15) is 0 Å². The zero-order valence-electron chi connectivity index (χ0n) is 17.2. The molecule has 0 aromatic rings. The van der Waals surface area contributed by atoms with Crippen LogP contribution < -0.4 is 0 Å². The molecule has 0 rings (SSSR count). The third kappa shape index (κ3) is 9.67. The summed E-state index contributed by atoms with van der Waals surface area (Å²) in [4.78, 5) is 58.9. The van der Waals surface area contributed by atoms with Crippen molar-refractivity contribution in [3.05, 3.63) is 63.3 Å². The van der Waals surface area contributed by atoms with Gasteiger partial charge in [0.2, 0.25) is 0 Å². The Kier molecular flexibility index (Phi) is 13.0. The molecule has 0 spiro atoms. The van der Waals surface area contributed by atoms with Gasteiger partial charge in [0.05, 0.1) is 6.61 Å². The molecule has 0 aliphatic heterocycles. The monoisotopic (exact) mass is 452 g/mol. The van der Waals surface area contributed by atoms with Crippen LogP contribution in [-0.2, 0) is 47.7 Å². The second kappa shape index (κ2) is 14.9. The molecule has 0 saturated heterocycles. The summed E-state index contributed by atoms with van der Waals surface area (Å²) in [7, 11) is 0. The van der Waals surface area contributed by atoms with Crippen LogP contribution in [0.4, 0.5) is 0 Å². The van der Waals surface area contributed by atoms with Crippen molar-refractivity contribution in [3.63, 3.8) is 0 Å². The van der Waals surface area contributed by atoms with Crippen molar-refractivity contribution in [1.29, 1.82) is 0 Å². The standard InChI is InChI=1S/C21H24O11/c1-6-15(23)28-12-14(30-17(25)8-3)21(32-19(27)10-5)20(31-18(26)9-4)13(11-22)29-16(24)7-2/h6-10,13-14,20-22H,1-5,11-12H2/t13-,14+,20+,21+/m0/s1. The minimum atomic E-state index is -1.76. The van der Waals surface area contributed by atoms with Crippen LogP contribution in [0, 0.1) is 0 Å². The molecule has 174 valence electrons. The normalized spacial score (nSPS) is 13.5. The van der Waals surface area contributed by atoms with Gasteiger partial charge in [0, 0.05) is 30.4 Å². The molecule has 0 aliphatic carbocycles. The first kappa shape index (κ1) is 28.0. The van der Waals surface area contributed by atoms with E-state index < -0.39 is 67.5 Å². The Morgan fingerprint density at radius 1 is 0.594 bits per heavy atom. The minimum absolute atomic E-state index is 0.713. The molecule has 0 aromatic heterocycles. The molecule has 11 nitrogen and oxygen atoms in total. The molecule has 0 heterocycles. The highest BCUT2D eigenvalue weighted by Gasteiger charge is 2.44. The van der Waals surface area contributed by atoms with E-state index >= 15 is 0 Å². The number of ether oxygens (including phenoxy) is 5. The van der Waals surface area contributed by atoms with Crippen molar-refractivity contribution >= 4 is 29.8 Å². The van der Waals surface area contributed by atoms with Crippen LogP contribution in [0.15, 0.2) is 63.3 Å². The summed E-state index contributed by atoms with van der Waals surface area (Å²) >= 11 is 0. The Morgan fingerprint density at radius 2 is 0.938 bits per heavy atom. The first-order chi connectivity index (χ1) is 15.2. The van der Waals surface area contributed by atoms with Crippen molar-refractivity contribution in [3.8, 4) is 0 Å². The maximum Gasteiger partial charge on any atom is 0.330 e. The van der Waals surface area contributed by atoms with Crippen molar-refractivity contribution in [1.82, 2.24) is 0 Å². The van der Waals surface area contributed by atoms with E-state index in [9.17, 15) is 29.1 Å². The maximum absolute atomic E-state index is 12.0. The largest absolute Gasteiger partial charge is 0.458 e. The summed E-state index contributed by atoms with van der Waals surface area (Å²) in [5, 5.41) is 9.72. The van der Waals surface area contributed by atoms with E-state index in [2.05, 4.69) is 32.9 Å². The van der Waals surface area contributed by atoms with Gasteiger partial charge in [-0.1, -0.05) is 32.9 Å². The van der Waals surface area contributed by atoms with E-state index in [0.29, 0.717) is 0 Å². The SMILES string of the molecule is C=CC(=O)OC[C@@H](OC(=O)C=C)[C@@H](OC(=O)C=C)[C@H](OC(=O)C=C)[C@H](CO)OC(=O)C=C. The summed E-state index contributed by atoms with van der Waals surface area (Å²) in [6, 6.07) is 0. The second-order valence-corrected chi connectivity index (χ2v) is 5.59. The zero-order chi connectivity index (χ0) is 24.7. The number of hydrogen-bond acceptors (Lipinski definition) is 11. The van der Waals surface area contributed by atoms with Gasteiger partial charge in [0.15, 0.2) is 24.4 Å². The Labute approximate surface area is 184 Å². The van der Waals surface area contributed by atoms with E-state index in [4.69, 9.17) is 23.7 Å². The van der Waals surface area contributed by atoms with E-state index in [1.807, 2.05) is 0 Å². The summed E-state index contributed by atoms with van der Waals surface area (Å²) < 4.78 is 25.2. The first-order valence-electron chi connectivity index (χ1n) is 8.89. The summed E-state index contributed by atoms with van der Waals surface area (Å²) in [5.74, 6) is -5.11. The molecule has 4 atom stereocenters. The van der Waals surface area contributed by atoms with Crippen molar-refractivity contribution in [2.45, 2.75) is 24.4 Å². The van der Waals surface area contributed by atoms with Crippen LogP contribution in [0.5, 0.6) is 0 Å². The lowest BCUT2D eigenvalue weighted by atomic mass is 10.0. The molecule has 11 heteroatoms. The van der Waals surface area contributed by atoms with Crippen LogP contribution in [0.3, 0.4) is 0 Å². The average Bonchev–Trinajstić information content (AvgIpc) is 2.81. The molecule has 0 bridgehead atoms. The highest BCUT2D eigenvalue weighted by Crippen LogP contribution is 2.20. The predicted molar refractivity (Wildman–Crippen MR) is 109 cm³/mol.